The summed E-state index contributed by atoms with van der Waals surface area (Å²) in [5.74, 6) is -0.537. The Hall–Kier alpha value is -4.56. The Morgan fingerprint density at radius 2 is 1.94 bits per heavy atom. The zero-order valence-electron chi connectivity index (χ0n) is 27.4. The fourth-order valence-electron chi connectivity index (χ4n) is 3.31. The normalized spacial score (nSPS) is 22.9. The second kappa shape index (κ2) is 9.59. The third kappa shape index (κ3) is 4.67. The predicted octanol–water partition coefficient (Wildman–Crippen LogP) is 2.86. The van der Waals surface area contributed by atoms with Gasteiger partial charge in [0.2, 0.25) is 5.88 Å². The summed E-state index contributed by atoms with van der Waals surface area (Å²) >= 11 is 0. The first kappa shape index (κ1) is 15.4. The quantitative estimate of drug-likeness (QED) is 0.448. The van der Waals surface area contributed by atoms with Crippen molar-refractivity contribution in [3.63, 3.8) is 0 Å². The highest BCUT2D eigenvalue weighted by atomic mass is 16.5. The van der Waals surface area contributed by atoms with Gasteiger partial charge >= 0.3 is 0 Å². The predicted molar refractivity (Wildman–Crippen MR) is 133 cm³/mol. The van der Waals surface area contributed by atoms with Gasteiger partial charge in [0.05, 0.1) is 29.3 Å². The zero-order valence-corrected chi connectivity index (χ0v) is 19.4. The number of carbonyl (C=O) groups is 1. The highest BCUT2D eigenvalue weighted by Gasteiger charge is 2.21. The van der Waals surface area contributed by atoms with E-state index in [1.54, 1.807) is 37.0 Å². The molecule has 36 heavy (non-hydrogen) atoms. The molecule has 1 amide bonds. The van der Waals surface area contributed by atoms with Crippen LogP contribution in [0.3, 0.4) is 0 Å². The average molecular weight is 492 g/mol. The number of likely N-dealkylation sites (N-methyl/N-ethyl adjacent to an activating group) is 1. The number of aromatic nitrogens is 5. The number of carbonyl (C=O) groups excluding carboxylic acids is 1. The van der Waals surface area contributed by atoms with Gasteiger partial charge in [-0.3, -0.25) is 4.79 Å². The van der Waals surface area contributed by atoms with Crippen molar-refractivity contribution in [3.8, 4) is 17.7 Å². The molecule has 1 N–H and O–H groups in total. The molecule has 0 atom stereocenters. The summed E-state index contributed by atoms with van der Waals surface area (Å²) in [4.78, 5) is 30.8. The van der Waals surface area contributed by atoms with Gasteiger partial charge < -0.3 is 24.4 Å². The minimum atomic E-state index is -3.26. The van der Waals surface area contributed by atoms with Gasteiger partial charge in [0.15, 0.2) is 11.4 Å². The Balaban J connectivity index is 1.45. The topological polar surface area (TPSA) is 125 Å². The molecule has 5 rings (SSSR count). The van der Waals surface area contributed by atoms with Crippen LogP contribution >= 0.6 is 0 Å². The first-order valence-electron chi connectivity index (χ1n) is 14.6. The van der Waals surface area contributed by atoms with Crippen LogP contribution in [-0.2, 0) is 7.05 Å². The number of rotatable bonds is 5. The molecule has 0 spiro atoms. The molecule has 5 heterocycles. The van der Waals surface area contributed by atoms with Crippen molar-refractivity contribution in [2.45, 2.75) is 6.92 Å². The van der Waals surface area contributed by atoms with Crippen molar-refractivity contribution >= 4 is 28.6 Å². The standard InChI is InChI=1S/C25H25N9O2/c1-16-10-18(12-26)27-14-20(16)36-22-11-19(23-24(31-22)33(3)15-29-23)30-21-5-4-17(13-28-21)25(35)34-8-6-32(2)7-9-34/h4-5,10-11,13-15H,6-9H2,1-3H3,(H,28,30,31)/i6D2,7D2,8D2,9D2. The van der Waals surface area contributed by atoms with E-state index in [4.69, 9.17) is 21.0 Å². The molecule has 11 heteroatoms. The van der Waals surface area contributed by atoms with Crippen molar-refractivity contribution in [2.75, 3.05) is 38.4 Å². The molecule has 1 fully saturated rings. The number of fused-ring (bicyclic) bond motifs is 1. The highest BCUT2D eigenvalue weighted by molar-refractivity contribution is 5.94. The number of nitriles is 1. The third-order valence-electron chi connectivity index (χ3n) is 5.17. The van der Waals surface area contributed by atoms with E-state index in [1.165, 1.54) is 18.3 Å². The van der Waals surface area contributed by atoms with E-state index in [2.05, 4.69) is 25.3 Å². The van der Waals surface area contributed by atoms with Gasteiger partial charge in [-0.05, 0) is 37.7 Å². The molecule has 11 nitrogen and oxygen atoms in total. The molecule has 4 aromatic rings. The van der Waals surface area contributed by atoms with Crippen LogP contribution in [0.25, 0.3) is 11.2 Å². The molecule has 0 aliphatic carbocycles. The summed E-state index contributed by atoms with van der Waals surface area (Å²) in [7, 11) is 2.65. The Kier molecular flexibility index (Phi) is 4.11. The van der Waals surface area contributed by atoms with E-state index >= 15 is 0 Å². The van der Waals surface area contributed by atoms with Crippen LogP contribution in [0.15, 0.2) is 43.0 Å². The van der Waals surface area contributed by atoms with E-state index in [0.717, 1.165) is 13.2 Å². The van der Waals surface area contributed by atoms with E-state index in [1.807, 2.05) is 6.07 Å². The fraction of sp³-hybridized carbons (Fsp3) is 0.280. The Bertz CT molecular complexity index is 1790. The number of nitrogens with one attached hydrogen (secondary N) is 1. The number of nitrogens with zero attached hydrogens (tertiary/aromatic N) is 8. The van der Waals surface area contributed by atoms with Crippen LogP contribution < -0.4 is 10.1 Å². The lowest BCUT2D eigenvalue weighted by atomic mass is 10.2. The number of imidazole rings is 1. The zero-order chi connectivity index (χ0) is 32.4. The number of aryl methyl sites for hydroxylation is 2. The maximum atomic E-state index is 13.4. The molecule has 4 aromatic heterocycles. The summed E-state index contributed by atoms with van der Waals surface area (Å²) in [6.07, 6.45) is 4.00. The van der Waals surface area contributed by atoms with Crippen molar-refractivity contribution in [2.24, 2.45) is 7.05 Å². The summed E-state index contributed by atoms with van der Waals surface area (Å²) in [5, 5.41) is 12.1. The minimum absolute atomic E-state index is 0.0476. The summed E-state index contributed by atoms with van der Waals surface area (Å²) in [5.41, 5.74) is 1.93. The molecular formula is C25H25N9O2. The summed E-state index contributed by atoms with van der Waals surface area (Å²) in [6, 6.07) is 7.69. The maximum Gasteiger partial charge on any atom is 0.255 e. The van der Waals surface area contributed by atoms with Crippen molar-refractivity contribution in [3.05, 3.63) is 59.8 Å². The molecule has 1 aliphatic rings. The van der Waals surface area contributed by atoms with Gasteiger partial charge in [-0.1, -0.05) is 0 Å². The number of anilines is 2. The smallest absolute Gasteiger partial charge is 0.255 e. The first-order valence-corrected chi connectivity index (χ1v) is 10.6. The fourth-order valence-corrected chi connectivity index (χ4v) is 3.31. The number of hydrogen-bond donors (Lipinski definition) is 1. The number of piperazine rings is 1. The van der Waals surface area contributed by atoms with Crippen LogP contribution in [-0.4, -0.2) is 73.2 Å². The molecule has 182 valence electrons. The Morgan fingerprint density at radius 1 is 1.14 bits per heavy atom. The molecule has 0 radical (unpaired) electrons. The molecule has 1 aliphatic heterocycles. The molecule has 0 saturated carbocycles. The molecule has 1 saturated heterocycles. The molecule has 0 unspecified atom stereocenters. The molecule has 0 bridgehead atoms. The van der Waals surface area contributed by atoms with Gasteiger partial charge in [0.1, 0.15) is 23.1 Å². The lowest BCUT2D eigenvalue weighted by Gasteiger charge is -2.32. The lowest BCUT2D eigenvalue weighted by Crippen LogP contribution is -2.47. The van der Waals surface area contributed by atoms with E-state index in [9.17, 15) is 4.79 Å². The second-order valence-electron chi connectivity index (χ2n) is 7.79. The van der Waals surface area contributed by atoms with Gasteiger partial charge in [0.25, 0.3) is 5.91 Å². The van der Waals surface area contributed by atoms with Gasteiger partial charge in [-0.2, -0.15) is 10.2 Å². The lowest BCUT2D eigenvalue weighted by molar-refractivity contribution is 0.0663. The number of ether oxygens (including phenoxy) is 1. The summed E-state index contributed by atoms with van der Waals surface area (Å²) in [6.45, 7) is -10.9. The van der Waals surface area contributed by atoms with Crippen LogP contribution in [0, 0.1) is 18.3 Å². The molecule has 0 aromatic carbocycles. The average Bonchev–Trinajstić information content (AvgIpc) is 3.33. The van der Waals surface area contributed by atoms with Crippen molar-refractivity contribution in [1.29, 1.82) is 5.26 Å². The number of pyridine rings is 3. The highest BCUT2D eigenvalue weighted by Crippen LogP contribution is 2.31. The summed E-state index contributed by atoms with van der Waals surface area (Å²) < 4.78 is 73.4. The van der Waals surface area contributed by atoms with Crippen LogP contribution in [0.5, 0.6) is 11.6 Å². The second-order valence-corrected chi connectivity index (χ2v) is 7.79. The monoisotopic (exact) mass is 491 g/mol. The van der Waals surface area contributed by atoms with E-state index < -0.39 is 31.9 Å². The first-order chi connectivity index (χ1) is 20.4. The van der Waals surface area contributed by atoms with Gasteiger partial charge in [-0.25, -0.2) is 15.0 Å². The van der Waals surface area contributed by atoms with Crippen LogP contribution in [0.4, 0.5) is 11.5 Å². The van der Waals surface area contributed by atoms with Crippen LogP contribution in [0.1, 0.15) is 32.6 Å². The van der Waals surface area contributed by atoms with Gasteiger partial charge in [0, 0.05) is 50.8 Å². The van der Waals surface area contributed by atoms with Gasteiger partial charge in [-0.15, -0.1) is 0 Å². The Labute approximate surface area is 219 Å². The minimum Gasteiger partial charge on any atom is -0.437 e. The maximum absolute atomic E-state index is 13.4. The van der Waals surface area contributed by atoms with Crippen molar-refractivity contribution in [1.82, 2.24) is 34.3 Å². The van der Waals surface area contributed by atoms with Crippen molar-refractivity contribution < 1.29 is 20.5 Å². The van der Waals surface area contributed by atoms with Crippen LogP contribution in [0.2, 0.25) is 0 Å². The number of hydrogen-bond acceptors (Lipinski definition) is 9. The third-order valence-corrected chi connectivity index (χ3v) is 5.17. The SMILES string of the molecule is [2H]C1([2H])N(C)C([2H])([2H])C([2H])([2H])N(C(=O)c2ccc(Nc3cc(Oc4cnc(C#N)cc4C)nc4c3ncn4C)nc2)C1([2H])[2H]. The number of amides is 1. The molecular weight excluding hydrogens is 458 g/mol. The van der Waals surface area contributed by atoms with E-state index in [0.29, 0.717) is 33.1 Å². The van der Waals surface area contributed by atoms with E-state index in [-0.39, 0.29) is 27.9 Å². The largest absolute Gasteiger partial charge is 0.437 e. The Morgan fingerprint density at radius 3 is 2.64 bits per heavy atom.